The second-order valence-corrected chi connectivity index (χ2v) is 14.0. The van der Waals surface area contributed by atoms with Gasteiger partial charge in [-0.15, -0.1) is 11.3 Å². The van der Waals surface area contributed by atoms with Crippen molar-refractivity contribution in [3.63, 3.8) is 0 Å². The number of ether oxygens (including phenoxy) is 1. The Kier molecular flexibility index (Phi) is 9.45. The molecule has 2 aromatic heterocycles. The number of nitrogens with zero attached hydrogens (tertiary/aromatic N) is 4. The van der Waals surface area contributed by atoms with Gasteiger partial charge in [0.05, 0.1) is 27.5 Å². The summed E-state index contributed by atoms with van der Waals surface area (Å²) in [4.78, 5) is 13.2. The van der Waals surface area contributed by atoms with Crippen LogP contribution in [-0.2, 0) is 16.6 Å². The van der Waals surface area contributed by atoms with E-state index in [4.69, 9.17) is 16.3 Å². The first kappa shape index (κ1) is 31.7. The predicted octanol–water partition coefficient (Wildman–Crippen LogP) is 8.13. The number of nitrogens with one attached hydrogen (secondary N) is 1. The molecule has 2 heterocycles. The Bertz CT molecular complexity index is 1920. The van der Waals surface area contributed by atoms with E-state index in [9.17, 15) is 12.8 Å². The third kappa shape index (κ3) is 6.68. The summed E-state index contributed by atoms with van der Waals surface area (Å²) < 4.78 is 61.7. The molecule has 0 aliphatic heterocycles. The van der Waals surface area contributed by atoms with Gasteiger partial charge in [0.25, 0.3) is 0 Å². The lowest BCUT2D eigenvalue weighted by atomic mass is 10.1. The van der Waals surface area contributed by atoms with Crippen molar-refractivity contribution in [3.8, 4) is 17.0 Å². The molecule has 0 saturated carbocycles. The minimum atomic E-state index is -3.52. The van der Waals surface area contributed by atoms with E-state index in [1.807, 2.05) is 0 Å². The lowest BCUT2D eigenvalue weighted by Gasteiger charge is -2.27. The van der Waals surface area contributed by atoms with Crippen LogP contribution >= 0.6 is 22.9 Å². The summed E-state index contributed by atoms with van der Waals surface area (Å²) >= 11 is 7.75. The van der Waals surface area contributed by atoms with Crippen LogP contribution in [-0.4, -0.2) is 39.5 Å². The van der Waals surface area contributed by atoms with E-state index >= 15 is 4.39 Å². The van der Waals surface area contributed by atoms with Gasteiger partial charge in [0.2, 0.25) is 10.0 Å². The number of thiazole rings is 1. The molecular weight excluding hydrogens is 628 g/mol. The minimum Gasteiger partial charge on any atom is -0.487 e. The molecule has 5 aromatic rings. The van der Waals surface area contributed by atoms with Gasteiger partial charge in [0.1, 0.15) is 41.1 Å². The molecule has 0 spiro atoms. The Morgan fingerprint density at radius 1 is 1.07 bits per heavy atom. The molecule has 0 aliphatic carbocycles. The van der Waals surface area contributed by atoms with Gasteiger partial charge < -0.3 is 10.1 Å². The van der Waals surface area contributed by atoms with E-state index in [0.717, 1.165) is 0 Å². The minimum absolute atomic E-state index is 0.149. The summed E-state index contributed by atoms with van der Waals surface area (Å²) in [5.74, 6) is -0.0157. The molecule has 1 unspecified atom stereocenters. The van der Waals surface area contributed by atoms with Gasteiger partial charge in [-0.2, -0.15) is 4.31 Å². The van der Waals surface area contributed by atoms with Crippen molar-refractivity contribution in [2.75, 3.05) is 11.9 Å². The van der Waals surface area contributed by atoms with Crippen LogP contribution in [0.3, 0.4) is 0 Å². The van der Waals surface area contributed by atoms with Gasteiger partial charge in [-0.3, -0.25) is 0 Å². The summed E-state index contributed by atoms with van der Waals surface area (Å²) in [6.07, 6.45) is 1.33. The van der Waals surface area contributed by atoms with Gasteiger partial charge in [-0.05, 0) is 62.7 Å². The Labute approximate surface area is 263 Å². The molecular formula is C31H30ClF2N5O3S2. The van der Waals surface area contributed by atoms with Gasteiger partial charge in [-0.25, -0.2) is 32.2 Å². The van der Waals surface area contributed by atoms with Gasteiger partial charge >= 0.3 is 0 Å². The molecule has 0 aliphatic rings. The number of hydrogen-bond donors (Lipinski definition) is 1. The van der Waals surface area contributed by atoms with E-state index in [0.29, 0.717) is 49.4 Å². The standard InChI is InChI=1S/C31H30ClF2N5O3S2/c1-5-39(44(40,41)18(2)3)19(4)31-38-28(16-43-31)23-13-24-27(14-26(23)34)35-17-36-30(24)37-22-9-10-29(25(32)12-22)42-15-20-7-6-8-21(33)11-20/h6-14,16-19H,5,15H2,1-4H3,(H,35,36,37). The number of sulfonamides is 1. The average Bonchev–Trinajstić information content (AvgIpc) is 3.47. The Balaban J connectivity index is 1.40. The van der Waals surface area contributed by atoms with E-state index in [1.165, 1.54) is 40.2 Å². The average molecular weight is 658 g/mol. The second kappa shape index (κ2) is 13.1. The zero-order valence-electron chi connectivity index (χ0n) is 24.4. The topological polar surface area (TPSA) is 97.3 Å². The lowest BCUT2D eigenvalue weighted by molar-refractivity contribution is 0.306. The van der Waals surface area contributed by atoms with Crippen LogP contribution in [0.5, 0.6) is 5.75 Å². The van der Waals surface area contributed by atoms with Gasteiger partial charge in [0.15, 0.2) is 0 Å². The maximum Gasteiger partial charge on any atom is 0.217 e. The Hall–Kier alpha value is -3.71. The fraction of sp³-hybridized carbons (Fsp3) is 0.258. The number of halogens is 3. The fourth-order valence-corrected chi connectivity index (χ4v) is 7.30. The molecule has 8 nitrogen and oxygen atoms in total. The van der Waals surface area contributed by atoms with Crippen LogP contribution in [0, 0.1) is 11.6 Å². The monoisotopic (exact) mass is 657 g/mol. The maximum atomic E-state index is 15.3. The van der Waals surface area contributed by atoms with Crippen molar-refractivity contribution >= 4 is 55.4 Å². The normalized spacial score (nSPS) is 12.7. The molecule has 0 fully saturated rings. The molecule has 5 rings (SSSR count). The van der Waals surface area contributed by atoms with Gasteiger partial charge in [0, 0.05) is 34.6 Å². The number of hydrogen-bond acceptors (Lipinski definition) is 8. The van der Waals surface area contributed by atoms with E-state index < -0.39 is 27.1 Å². The molecule has 3 aromatic carbocycles. The number of benzene rings is 3. The number of rotatable bonds is 11. The predicted molar refractivity (Wildman–Crippen MR) is 171 cm³/mol. The first-order valence-corrected chi connectivity index (χ1v) is 16.6. The third-order valence-corrected chi connectivity index (χ3v) is 10.8. The van der Waals surface area contributed by atoms with Crippen LogP contribution in [0.2, 0.25) is 5.02 Å². The first-order valence-electron chi connectivity index (χ1n) is 13.8. The number of aromatic nitrogens is 3. The van der Waals surface area contributed by atoms with Crippen LogP contribution in [0.25, 0.3) is 22.2 Å². The van der Waals surface area contributed by atoms with Gasteiger partial charge in [-0.1, -0.05) is 30.7 Å². The molecule has 1 atom stereocenters. The fourth-order valence-electron chi connectivity index (χ4n) is 4.67. The van der Waals surface area contributed by atoms with Crippen LogP contribution in [0.1, 0.15) is 44.3 Å². The molecule has 44 heavy (non-hydrogen) atoms. The number of anilines is 2. The van der Waals surface area contributed by atoms with E-state index in [-0.39, 0.29) is 24.5 Å². The summed E-state index contributed by atoms with van der Waals surface area (Å²) in [7, 11) is -3.52. The Morgan fingerprint density at radius 3 is 2.57 bits per heavy atom. The largest absolute Gasteiger partial charge is 0.487 e. The SMILES string of the molecule is CCN(C(C)c1nc(-c2cc3c(Nc4ccc(OCc5cccc(F)c5)c(Cl)c4)ncnc3cc2F)cs1)S(=O)(=O)C(C)C. The highest BCUT2D eigenvalue weighted by atomic mass is 35.5. The summed E-state index contributed by atoms with van der Waals surface area (Å²) in [5.41, 5.74) is 2.28. The molecule has 1 N–H and O–H groups in total. The maximum absolute atomic E-state index is 15.3. The Morgan fingerprint density at radius 2 is 1.86 bits per heavy atom. The molecule has 13 heteroatoms. The molecule has 0 bridgehead atoms. The summed E-state index contributed by atoms with van der Waals surface area (Å²) in [6.45, 7) is 7.28. The van der Waals surface area contributed by atoms with Crippen molar-refractivity contribution in [1.82, 2.24) is 19.3 Å². The first-order chi connectivity index (χ1) is 21.0. The molecule has 0 saturated heterocycles. The number of fused-ring (bicyclic) bond motifs is 1. The lowest BCUT2D eigenvalue weighted by Crippen LogP contribution is -2.38. The van der Waals surface area contributed by atoms with Crippen molar-refractivity contribution in [3.05, 3.63) is 93.5 Å². The van der Waals surface area contributed by atoms with Crippen molar-refractivity contribution in [2.45, 2.75) is 45.6 Å². The summed E-state index contributed by atoms with van der Waals surface area (Å²) in [5, 5.41) is 5.79. The zero-order valence-corrected chi connectivity index (χ0v) is 26.8. The van der Waals surface area contributed by atoms with Crippen LogP contribution in [0.15, 0.2) is 66.3 Å². The van der Waals surface area contributed by atoms with Crippen molar-refractivity contribution in [2.24, 2.45) is 0 Å². The highest BCUT2D eigenvalue weighted by Gasteiger charge is 2.31. The third-order valence-electron chi connectivity index (χ3n) is 7.02. The van der Waals surface area contributed by atoms with E-state index in [1.54, 1.807) is 69.5 Å². The van der Waals surface area contributed by atoms with E-state index in [2.05, 4.69) is 20.3 Å². The van der Waals surface area contributed by atoms with Crippen LogP contribution in [0.4, 0.5) is 20.3 Å². The smallest absolute Gasteiger partial charge is 0.217 e. The molecule has 0 radical (unpaired) electrons. The molecule has 0 amide bonds. The summed E-state index contributed by atoms with van der Waals surface area (Å²) in [6, 6.07) is 13.7. The van der Waals surface area contributed by atoms with Crippen molar-refractivity contribution < 1.29 is 21.9 Å². The van der Waals surface area contributed by atoms with Crippen LogP contribution < -0.4 is 10.1 Å². The zero-order chi connectivity index (χ0) is 31.6. The molecule has 230 valence electrons. The quantitative estimate of drug-likeness (QED) is 0.153. The highest BCUT2D eigenvalue weighted by molar-refractivity contribution is 7.89. The highest BCUT2D eigenvalue weighted by Crippen LogP contribution is 2.35. The second-order valence-electron chi connectivity index (χ2n) is 10.3. The van der Waals surface area contributed by atoms with Crippen molar-refractivity contribution in [1.29, 1.82) is 0 Å².